The highest BCUT2D eigenvalue weighted by molar-refractivity contribution is 6.33. The lowest BCUT2D eigenvalue weighted by molar-refractivity contribution is -0.149. The first-order valence-electron chi connectivity index (χ1n) is 9.65. The van der Waals surface area contributed by atoms with E-state index in [9.17, 15) is 22.8 Å². The molecule has 0 aliphatic rings. The molecule has 0 fully saturated rings. The van der Waals surface area contributed by atoms with Crippen LogP contribution in [0, 0.1) is 0 Å². The Morgan fingerprint density at radius 2 is 1.70 bits per heavy atom. The molecule has 1 amide bonds. The van der Waals surface area contributed by atoms with E-state index in [-0.39, 0.29) is 5.82 Å². The van der Waals surface area contributed by atoms with Crippen molar-refractivity contribution in [2.75, 3.05) is 18.5 Å². The molecule has 0 aliphatic heterocycles. The second-order valence-electron chi connectivity index (χ2n) is 6.82. The maximum absolute atomic E-state index is 12.6. The lowest BCUT2D eigenvalue weighted by Gasteiger charge is -2.12. The number of anilines is 1. The molecular formula is C23H18ClF3N2O4. The maximum Gasteiger partial charge on any atom is 0.417 e. The SMILES string of the molecule is O=C(COC(=O)COc1ccccc1Cc1ccccc1)Nc1ncc(C(F)(F)F)cc1Cl. The molecule has 1 N–H and O–H groups in total. The monoisotopic (exact) mass is 478 g/mol. The highest BCUT2D eigenvalue weighted by Crippen LogP contribution is 2.32. The molecule has 0 aliphatic carbocycles. The van der Waals surface area contributed by atoms with Crippen LogP contribution in [0.4, 0.5) is 19.0 Å². The fraction of sp³-hybridized carbons (Fsp3) is 0.174. The number of amides is 1. The third kappa shape index (κ3) is 7.21. The van der Waals surface area contributed by atoms with Crippen LogP contribution in [0.25, 0.3) is 0 Å². The number of benzene rings is 2. The van der Waals surface area contributed by atoms with E-state index in [4.69, 9.17) is 21.1 Å². The molecule has 2 aromatic carbocycles. The van der Waals surface area contributed by atoms with Gasteiger partial charge in [-0.1, -0.05) is 60.1 Å². The summed E-state index contributed by atoms with van der Waals surface area (Å²) in [6.45, 7) is -1.12. The van der Waals surface area contributed by atoms with Gasteiger partial charge in [0.1, 0.15) is 5.75 Å². The van der Waals surface area contributed by atoms with E-state index in [0.29, 0.717) is 24.4 Å². The quantitative estimate of drug-likeness (QED) is 0.466. The molecule has 33 heavy (non-hydrogen) atoms. The summed E-state index contributed by atoms with van der Waals surface area (Å²) in [5.74, 6) is -1.39. The van der Waals surface area contributed by atoms with Gasteiger partial charge in [0.05, 0.1) is 10.6 Å². The minimum absolute atomic E-state index is 0.281. The highest BCUT2D eigenvalue weighted by atomic mass is 35.5. The highest BCUT2D eigenvalue weighted by Gasteiger charge is 2.31. The summed E-state index contributed by atoms with van der Waals surface area (Å²) >= 11 is 5.73. The maximum atomic E-state index is 12.6. The van der Waals surface area contributed by atoms with Gasteiger partial charge in [-0.2, -0.15) is 13.2 Å². The zero-order chi connectivity index (χ0) is 23.8. The molecule has 0 saturated heterocycles. The number of halogens is 4. The standard InChI is InChI=1S/C23H18ClF3N2O4/c24-18-11-17(23(25,26)27)12-28-22(18)29-20(30)13-33-21(31)14-32-19-9-5-4-8-16(19)10-15-6-2-1-3-7-15/h1-9,11-12H,10,13-14H2,(H,28,29,30). The number of carbonyl (C=O) groups is 2. The molecule has 0 bridgehead atoms. The van der Waals surface area contributed by atoms with Gasteiger partial charge in [-0.05, 0) is 23.3 Å². The molecule has 172 valence electrons. The first-order chi connectivity index (χ1) is 15.7. The molecule has 3 rings (SSSR count). The summed E-state index contributed by atoms with van der Waals surface area (Å²) in [5.41, 5.74) is 0.891. The van der Waals surface area contributed by atoms with Gasteiger partial charge >= 0.3 is 12.1 Å². The van der Waals surface area contributed by atoms with Gasteiger partial charge in [-0.3, -0.25) is 4.79 Å². The number of carbonyl (C=O) groups excluding carboxylic acids is 2. The summed E-state index contributed by atoms with van der Waals surface area (Å²) in [5, 5.41) is 1.79. The molecule has 1 aromatic heterocycles. The van der Waals surface area contributed by atoms with E-state index in [0.717, 1.165) is 11.1 Å². The third-order valence-corrected chi connectivity index (χ3v) is 4.63. The fourth-order valence-corrected chi connectivity index (χ4v) is 3.00. The Labute approximate surface area is 192 Å². The fourth-order valence-electron chi connectivity index (χ4n) is 2.78. The number of para-hydroxylation sites is 1. The van der Waals surface area contributed by atoms with Crippen LogP contribution in [-0.2, 0) is 26.9 Å². The van der Waals surface area contributed by atoms with E-state index in [1.807, 2.05) is 42.5 Å². The molecule has 0 saturated carbocycles. The van der Waals surface area contributed by atoms with Gasteiger partial charge in [0.25, 0.3) is 5.91 Å². The summed E-state index contributed by atoms with van der Waals surface area (Å²) in [6, 6.07) is 17.6. The van der Waals surface area contributed by atoms with Gasteiger partial charge in [0, 0.05) is 12.6 Å². The van der Waals surface area contributed by atoms with Crippen molar-refractivity contribution in [2.24, 2.45) is 0 Å². The van der Waals surface area contributed by atoms with Crippen molar-refractivity contribution in [3.8, 4) is 5.75 Å². The van der Waals surface area contributed by atoms with Crippen molar-refractivity contribution in [3.63, 3.8) is 0 Å². The molecule has 0 radical (unpaired) electrons. The Kier molecular flexibility index (Phi) is 7.89. The minimum atomic E-state index is -4.62. The van der Waals surface area contributed by atoms with Gasteiger partial charge in [-0.25, -0.2) is 9.78 Å². The Morgan fingerprint density at radius 1 is 1.00 bits per heavy atom. The molecule has 3 aromatic rings. The van der Waals surface area contributed by atoms with E-state index >= 15 is 0 Å². The van der Waals surface area contributed by atoms with Crippen LogP contribution in [0.3, 0.4) is 0 Å². The average Bonchev–Trinajstić information content (AvgIpc) is 2.78. The first kappa shape index (κ1) is 24.1. The van der Waals surface area contributed by atoms with E-state index < -0.39 is 41.9 Å². The number of alkyl halides is 3. The topological polar surface area (TPSA) is 77.5 Å². The number of nitrogens with one attached hydrogen (secondary N) is 1. The molecule has 10 heteroatoms. The Hall–Kier alpha value is -3.59. The van der Waals surface area contributed by atoms with Crippen molar-refractivity contribution >= 4 is 29.3 Å². The summed E-state index contributed by atoms with van der Waals surface area (Å²) in [4.78, 5) is 27.4. The zero-order valence-corrected chi connectivity index (χ0v) is 17.8. The number of ether oxygens (including phenoxy) is 2. The van der Waals surface area contributed by atoms with Crippen molar-refractivity contribution < 1.29 is 32.2 Å². The van der Waals surface area contributed by atoms with Crippen LogP contribution in [0.15, 0.2) is 66.9 Å². The average molecular weight is 479 g/mol. The normalized spacial score (nSPS) is 11.0. The summed E-state index contributed by atoms with van der Waals surface area (Å²) < 4.78 is 48.3. The van der Waals surface area contributed by atoms with Gasteiger partial charge in [0.2, 0.25) is 0 Å². The lowest BCUT2D eigenvalue weighted by Crippen LogP contribution is -2.24. The number of hydrogen-bond donors (Lipinski definition) is 1. The number of esters is 1. The Bertz CT molecular complexity index is 1120. The molecule has 1 heterocycles. The molecule has 0 unspecified atom stereocenters. The smallest absolute Gasteiger partial charge is 0.417 e. The number of nitrogens with zero attached hydrogens (tertiary/aromatic N) is 1. The Balaban J connectivity index is 1.49. The van der Waals surface area contributed by atoms with Crippen molar-refractivity contribution in [3.05, 3.63) is 88.6 Å². The number of pyridine rings is 1. The van der Waals surface area contributed by atoms with Gasteiger partial charge in [-0.15, -0.1) is 0 Å². The van der Waals surface area contributed by atoms with Crippen LogP contribution in [0.2, 0.25) is 5.02 Å². The summed E-state index contributed by atoms with van der Waals surface area (Å²) in [7, 11) is 0. The number of aromatic nitrogens is 1. The van der Waals surface area contributed by atoms with Gasteiger partial charge < -0.3 is 14.8 Å². The van der Waals surface area contributed by atoms with E-state index in [1.54, 1.807) is 12.1 Å². The summed E-state index contributed by atoms with van der Waals surface area (Å²) in [6.07, 6.45) is -3.47. The number of rotatable bonds is 8. The predicted molar refractivity (Wildman–Crippen MR) is 115 cm³/mol. The Morgan fingerprint density at radius 3 is 2.39 bits per heavy atom. The van der Waals surface area contributed by atoms with E-state index in [2.05, 4.69) is 10.3 Å². The van der Waals surface area contributed by atoms with E-state index in [1.165, 1.54) is 0 Å². The van der Waals surface area contributed by atoms with Crippen molar-refractivity contribution in [2.45, 2.75) is 12.6 Å². The number of hydrogen-bond acceptors (Lipinski definition) is 5. The molecule has 6 nitrogen and oxygen atoms in total. The van der Waals surface area contributed by atoms with Crippen molar-refractivity contribution in [1.29, 1.82) is 0 Å². The van der Waals surface area contributed by atoms with Gasteiger partial charge in [0.15, 0.2) is 19.0 Å². The molecular weight excluding hydrogens is 461 g/mol. The van der Waals surface area contributed by atoms with Crippen molar-refractivity contribution in [1.82, 2.24) is 4.98 Å². The second kappa shape index (κ2) is 10.8. The second-order valence-corrected chi connectivity index (χ2v) is 7.23. The van der Waals surface area contributed by atoms with Crippen LogP contribution in [-0.4, -0.2) is 30.1 Å². The van der Waals surface area contributed by atoms with Crippen LogP contribution in [0.1, 0.15) is 16.7 Å². The minimum Gasteiger partial charge on any atom is -0.482 e. The van der Waals surface area contributed by atoms with Crippen LogP contribution in [0.5, 0.6) is 5.75 Å². The van der Waals surface area contributed by atoms with Crippen LogP contribution >= 0.6 is 11.6 Å². The lowest BCUT2D eigenvalue weighted by atomic mass is 10.0. The van der Waals surface area contributed by atoms with Crippen LogP contribution < -0.4 is 10.1 Å². The molecule has 0 spiro atoms. The predicted octanol–water partition coefficient (Wildman–Crippen LogP) is 4.91. The first-order valence-corrected chi connectivity index (χ1v) is 10.0. The largest absolute Gasteiger partial charge is 0.482 e. The third-order valence-electron chi connectivity index (χ3n) is 4.35. The molecule has 0 atom stereocenters. The zero-order valence-electron chi connectivity index (χ0n) is 17.1.